The summed E-state index contributed by atoms with van der Waals surface area (Å²) in [6, 6.07) is 1.67. The number of rotatable bonds is 4. The molecular weight excluding hydrogens is 250 g/mol. The van der Waals surface area contributed by atoms with Gasteiger partial charge in [-0.3, -0.25) is 14.6 Å². The molecule has 0 aliphatic carbocycles. The van der Waals surface area contributed by atoms with E-state index in [0.29, 0.717) is 17.2 Å². The van der Waals surface area contributed by atoms with Crippen LogP contribution >= 0.6 is 0 Å². The molecule has 1 aromatic heterocycles. The zero-order chi connectivity index (χ0) is 13.8. The first-order chi connectivity index (χ1) is 9.15. The molecule has 0 spiro atoms. The predicted octanol–water partition coefficient (Wildman–Crippen LogP) is -0.443. The second-order valence-corrected chi connectivity index (χ2v) is 4.02. The Labute approximate surface area is 110 Å². The van der Waals surface area contributed by atoms with Crippen molar-refractivity contribution >= 4 is 11.8 Å². The molecule has 2 amide bonds. The maximum atomic E-state index is 11.7. The zero-order valence-corrected chi connectivity index (χ0v) is 10.8. The van der Waals surface area contributed by atoms with E-state index in [-0.39, 0.29) is 31.4 Å². The molecule has 7 nitrogen and oxygen atoms in total. The lowest BCUT2D eigenvalue weighted by Gasteiger charge is -2.26. The van der Waals surface area contributed by atoms with Crippen molar-refractivity contribution in [1.29, 1.82) is 0 Å². The monoisotopic (exact) mass is 265 g/mol. The van der Waals surface area contributed by atoms with Gasteiger partial charge in [0.15, 0.2) is 11.5 Å². The van der Waals surface area contributed by atoms with E-state index in [9.17, 15) is 9.59 Å². The van der Waals surface area contributed by atoms with Gasteiger partial charge in [0.2, 0.25) is 11.8 Å². The van der Waals surface area contributed by atoms with Gasteiger partial charge in [0.1, 0.15) is 5.69 Å². The summed E-state index contributed by atoms with van der Waals surface area (Å²) in [5.41, 5.74) is 0.560. The van der Waals surface area contributed by atoms with Gasteiger partial charge in [-0.25, -0.2) is 0 Å². The number of amides is 2. The Hall–Kier alpha value is -2.31. The van der Waals surface area contributed by atoms with Gasteiger partial charge in [0, 0.05) is 12.3 Å². The molecule has 7 heteroatoms. The highest BCUT2D eigenvalue weighted by Crippen LogP contribution is 2.29. The van der Waals surface area contributed by atoms with E-state index in [1.165, 1.54) is 19.1 Å². The first-order valence-electron chi connectivity index (χ1n) is 5.76. The lowest BCUT2D eigenvalue weighted by atomic mass is 10.2. The molecule has 1 N–H and O–H groups in total. The first kappa shape index (κ1) is 13.1. The van der Waals surface area contributed by atoms with Crippen molar-refractivity contribution < 1.29 is 19.1 Å². The minimum atomic E-state index is -0.179. The molecule has 1 aromatic rings. The first-order valence-corrected chi connectivity index (χ1v) is 5.76. The number of carbonyl (C=O) groups excluding carboxylic acids is 2. The number of pyridine rings is 1. The quantitative estimate of drug-likeness (QED) is 0.798. The number of nitrogens with zero attached hydrogens (tertiary/aromatic N) is 2. The number of hydrogen-bond acceptors (Lipinski definition) is 5. The second kappa shape index (κ2) is 5.55. The van der Waals surface area contributed by atoms with Gasteiger partial charge in [0.25, 0.3) is 0 Å². The van der Waals surface area contributed by atoms with Crippen LogP contribution in [-0.2, 0) is 16.1 Å². The van der Waals surface area contributed by atoms with Gasteiger partial charge >= 0.3 is 0 Å². The normalized spacial score (nSPS) is 15.2. The highest BCUT2D eigenvalue weighted by molar-refractivity contribution is 5.92. The summed E-state index contributed by atoms with van der Waals surface area (Å²) in [5, 5.41) is 2.49. The molecule has 2 heterocycles. The predicted molar refractivity (Wildman–Crippen MR) is 65.8 cm³/mol. The molecule has 2 rings (SSSR count). The number of ether oxygens (including phenoxy) is 2. The molecule has 102 valence electrons. The van der Waals surface area contributed by atoms with Crippen LogP contribution in [0.2, 0.25) is 0 Å². The third-order valence-corrected chi connectivity index (χ3v) is 2.83. The Morgan fingerprint density at radius 2 is 2.16 bits per heavy atom. The van der Waals surface area contributed by atoms with Gasteiger partial charge in [-0.1, -0.05) is 0 Å². The molecule has 0 atom stereocenters. The van der Waals surface area contributed by atoms with E-state index in [4.69, 9.17) is 9.47 Å². The van der Waals surface area contributed by atoms with Crippen molar-refractivity contribution in [2.75, 3.05) is 27.3 Å². The average molecular weight is 265 g/mol. The van der Waals surface area contributed by atoms with Crippen LogP contribution < -0.4 is 14.8 Å². The SMILES string of the molecule is COc1ccnc(CN2CC(=O)NCC2=O)c1OC. The largest absolute Gasteiger partial charge is 0.493 e. The topological polar surface area (TPSA) is 80.8 Å². The van der Waals surface area contributed by atoms with E-state index in [1.807, 2.05) is 0 Å². The minimum absolute atomic E-state index is 0.0190. The fourth-order valence-corrected chi connectivity index (χ4v) is 1.89. The van der Waals surface area contributed by atoms with Crippen LogP contribution in [0.1, 0.15) is 5.69 Å². The summed E-state index contributed by atoms with van der Waals surface area (Å²) in [6.45, 7) is 0.263. The van der Waals surface area contributed by atoms with Crippen LogP contribution in [0.5, 0.6) is 11.5 Å². The summed E-state index contributed by atoms with van der Waals surface area (Å²) in [7, 11) is 3.04. The number of aromatic nitrogens is 1. The standard InChI is InChI=1S/C12H15N3O4/c1-18-9-3-4-13-8(12(9)19-2)6-15-7-10(16)14-5-11(15)17/h3-4H,5-7H2,1-2H3,(H,14,16). The molecule has 1 aliphatic rings. The summed E-state index contributed by atoms with van der Waals surface area (Å²) < 4.78 is 10.4. The lowest BCUT2D eigenvalue weighted by molar-refractivity contribution is -0.141. The molecule has 0 unspecified atom stereocenters. The highest BCUT2D eigenvalue weighted by atomic mass is 16.5. The zero-order valence-electron chi connectivity index (χ0n) is 10.8. The molecule has 0 saturated carbocycles. The van der Waals surface area contributed by atoms with Crippen LogP contribution in [0, 0.1) is 0 Å². The Morgan fingerprint density at radius 1 is 1.37 bits per heavy atom. The van der Waals surface area contributed by atoms with E-state index >= 15 is 0 Å². The van der Waals surface area contributed by atoms with Gasteiger partial charge in [-0.15, -0.1) is 0 Å². The number of hydrogen-bond donors (Lipinski definition) is 1. The van der Waals surface area contributed by atoms with Crippen molar-refractivity contribution in [3.63, 3.8) is 0 Å². The van der Waals surface area contributed by atoms with Gasteiger partial charge < -0.3 is 19.7 Å². The third-order valence-electron chi connectivity index (χ3n) is 2.83. The average Bonchev–Trinajstić information content (AvgIpc) is 2.42. The lowest BCUT2D eigenvalue weighted by Crippen LogP contribution is -2.51. The molecule has 1 aliphatic heterocycles. The third kappa shape index (κ3) is 2.75. The molecule has 0 bridgehead atoms. The molecular formula is C12H15N3O4. The molecule has 0 aromatic carbocycles. The van der Waals surface area contributed by atoms with Crippen molar-refractivity contribution in [3.8, 4) is 11.5 Å². The van der Waals surface area contributed by atoms with Gasteiger partial charge in [-0.2, -0.15) is 0 Å². The highest BCUT2D eigenvalue weighted by Gasteiger charge is 2.25. The summed E-state index contributed by atoms with van der Waals surface area (Å²) in [5.74, 6) is 0.693. The smallest absolute Gasteiger partial charge is 0.242 e. The number of carbonyl (C=O) groups is 2. The molecule has 1 fully saturated rings. The van der Waals surface area contributed by atoms with Crippen LogP contribution in [0.4, 0.5) is 0 Å². The summed E-state index contributed by atoms with van der Waals surface area (Å²) in [4.78, 5) is 28.6. The minimum Gasteiger partial charge on any atom is -0.493 e. The van der Waals surface area contributed by atoms with Gasteiger partial charge in [0.05, 0.1) is 33.9 Å². The van der Waals surface area contributed by atoms with E-state index in [0.717, 1.165) is 0 Å². The number of methoxy groups -OCH3 is 2. The van der Waals surface area contributed by atoms with Crippen molar-refractivity contribution in [3.05, 3.63) is 18.0 Å². The van der Waals surface area contributed by atoms with Gasteiger partial charge in [-0.05, 0) is 0 Å². The maximum Gasteiger partial charge on any atom is 0.242 e. The Kier molecular flexibility index (Phi) is 3.84. The fourth-order valence-electron chi connectivity index (χ4n) is 1.89. The number of piperazine rings is 1. The maximum absolute atomic E-state index is 11.7. The molecule has 1 saturated heterocycles. The molecule has 19 heavy (non-hydrogen) atoms. The van der Waals surface area contributed by atoms with Crippen molar-refractivity contribution in [1.82, 2.24) is 15.2 Å². The Morgan fingerprint density at radius 3 is 2.84 bits per heavy atom. The van der Waals surface area contributed by atoms with E-state index in [1.54, 1.807) is 12.3 Å². The Bertz CT molecular complexity index is 504. The summed E-state index contributed by atoms with van der Waals surface area (Å²) >= 11 is 0. The molecule has 0 radical (unpaired) electrons. The van der Waals surface area contributed by atoms with Crippen molar-refractivity contribution in [2.45, 2.75) is 6.54 Å². The second-order valence-electron chi connectivity index (χ2n) is 4.02. The van der Waals surface area contributed by atoms with Crippen molar-refractivity contribution in [2.24, 2.45) is 0 Å². The van der Waals surface area contributed by atoms with Crippen LogP contribution in [-0.4, -0.2) is 49.0 Å². The van der Waals surface area contributed by atoms with Crippen LogP contribution in [0.25, 0.3) is 0 Å². The van der Waals surface area contributed by atoms with Crippen LogP contribution in [0.15, 0.2) is 12.3 Å². The van der Waals surface area contributed by atoms with E-state index < -0.39 is 0 Å². The number of nitrogens with one attached hydrogen (secondary N) is 1. The van der Waals surface area contributed by atoms with E-state index in [2.05, 4.69) is 10.3 Å². The Balaban J connectivity index is 2.22. The van der Waals surface area contributed by atoms with Crippen LogP contribution in [0.3, 0.4) is 0 Å². The fraction of sp³-hybridized carbons (Fsp3) is 0.417. The summed E-state index contributed by atoms with van der Waals surface area (Å²) in [6.07, 6.45) is 1.57.